The highest BCUT2D eigenvalue weighted by Gasteiger charge is 2.42. The number of amides is 1. The van der Waals surface area contributed by atoms with Gasteiger partial charge in [0.15, 0.2) is 0 Å². The highest BCUT2D eigenvalue weighted by Crippen LogP contribution is 2.31. The Kier molecular flexibility index (Phi) is 12.6. The maximum atomic E-state index is 13.0. The molecule has 0 bridgehead atoms. The number of piperidine rings is 1. The van der Waals surface area contributed by atoms with Gasteiger partial charge < -0.3 is 26.0 Å². The molecule has 9 nitrogen and oxygen atoms in total. The number of benzene rings is 2. The zero-order valence-corrected chi connectivity index (χ0v) is 20.2. The van der Waals surface area contributed by atoms with E-state index in [0.717, 1.165) is 31.5 Å². The number of aliphatic carboxylic acids is 2. The van der Waals surface area contributed by atoms with E-state index in [0.29, 0.717) is 19.5 Å². The summed E-state index contributed by atoms with van der Waals surface area (Å²) in [5, 5.41) is 31.8. The first-order valence-electron chi connectivity index (χ1n) is 11.0. The fourth-order valence-electron chi connectivity index (χ4n) is 3.65. The van der Waals surface area contributed by atoms with E-state index in [9.17, 15) is 14.3 Å². The smallest absolute Gasteiger partial charge is 0.300 e. The van der Waals surface area contributed by atoms with E-state index in [1.54, 1.807) is 12.1 Å². The number of carbonyl (C=O) groups is 3. The summed E-state index contributed by atoms with van der Waals surface area (Å²) < 4.78 is 13.0. The van der Waals surface area contributed by atoms with E-state index in [2.05, 4.69) is 10.6 Å². The summed E-state index contributed by atoms with van der Waals surface area (Å²) in [6, 6.07) is 15.9. The number of aliphatic hydroxyl groups is 1. The third-order valence-electron chi connectivity index (χ3n) is 5.03. The number of hydrogen-bond donors (Lipinski definition) is 5. The second kappa shape index (κ2) is 14.8. The monoisotopic (exact) mass is 491 g/mol. The van der Waals surface area contributed by atoms with Crippen molar-refractivity contribution < 1.29 is 34.1 Å². The fraction of sp³-hybridized carbons (Fsp3) is 0.400. The molecule has 192 valence electrons. The van der Waals surface area contributed by atoms with Gasteiger partial charge in [0, 0.05) is 26.9 Å². The molecule has 1 heterocycles. The Morgan fingerprint density at radius 2 is 1.60 bits per heavy atom. The lowest BCUT2D eigenvalue weighted by Gasteiger charge is -2.43. The molecule has 0 saturated carbocycles. The molecular weight excluding hydrogens is 457 g/mol. The summed E-state index contributed by atoms with van der Waals surface area (Å²) >= 11 is 0. The Hall–Kier alpha value is -3.34. The van der Waals surface area contributed by atoms with Crippen LogP contribution in [-0.2, 0) is 26.5 Å². The second-order valence-corrected chi connectivity index (χ2v) is 8.19. The van der Waals surface area contributed by atoms with Gasteiger partial charge in [-0.25, -0.2) is 4.39 Å². The number of β-amino-alcohol motifs (C(OH)–C–C–N with tert-alkyl or cyclic N) is 1. The molecule has 10 heteroatoms. The lowest BCUT2D eigenvalue weighted by atomic mass is 9.79. The largest absolute Gasteiger partial charge is 0.481 e. The maximum Gasteiger partial charge on any atom is 0.300 e. The number of nitrogens with one attached hydrogen (secondary N) is 2. The van der Waals surface area contributed by atoms with E-state index >= 15 is 0 Å². The molecule has 0 radical (unpaired) electrons. The van der Waals surface area contributed by atoms with Crippen LogP contribution >= 0.6 is 0 Å². The minimum Gasteiger partial charge on any atom is -0.481 e. The van der Waals surface area contributed by atoms with Gasteiger partial charge in [-0.3, -0.25) is 19.3 Å². The van der Waals surface area contributed by atoms with Gasteiger partial charge in [-0.2, -0.15) is 0 Å². The van der Waals surface area contributed by atoms with Crippen molar-refractivity contribution in [2.24, 2.45) is 0 Å². The molecule has 1 amide bonds. The zero-order valence-electron chi connectivity index (χ0n) is 20.2. The van der Waals surface area contributed by atoms with Crippen molar-refractivity contribution in [1.29, 1.82) is 0 Å². The molecule has 3 rings (SSSR count). The van der Waals surface area contributed by atoms with E-state index in [-0.39, 0.29) is 18.3 Å². The maximum absolute atomic E-state index is 13.0. The number of halogens is 1. The van der Waals surface area contributed by atoms with E-state index < -0.39 is 23.6 Å². The number of hydrogen-bond acceptors (Lipinski definition) is 6. The quantitative estimate of drug-likeness (QED) is 0.412. The van der Waals surface area contributed by atoms with Crippen LogP contribution in [0.1, 0.15) is 31.4 Å². The number of nitrogens with zero attached hydrogens (tertiary/aromatic N) is 1. The van der Waals surface area contributed by atoms with E-state index in [4.69, 9.17) is 19.8 Å². The standard InChI is InChI=1S/C21H26FN3O2.2C2H4O2/c1-25(14-16-7-9-18(22)10-8-16)15-20(27)24-21(11-12-23-13-19(21)26)17-5-3-2-4-6-17;2*1-2(3)4/h2-10,19,23,26H,11-15H2,1H3,(H,24,27);2*1H3,(H,3,4)/t19-,21-;;/m1../s1. The Bertz CT molecular complexity index is 922. The minimum absolute atomic E-state index is 0.149. The molecule has 2 atom stereocenters. The van der Waals surface area contributed by atoms with Crippen molar-refractivity contribution in [3.63, 3.8) is 0 Å². The van der Waals surface area contributed by atoms with Gasteiger partial charge in [-0.15, -0.1) is 0 Å². The topological polar surface area (TPSA) is 139 Å². The Morgan fingerprint density at radius 1 is 1.06 bits per heavy atom. The van der Waals surface area contributed by atoms with Crippen LogP contribution in [0.25, 0.3) is 0 Å². The Morgan fingerprint density at radius 3 is 2.11 bits per heavy atom. The first-order valence-corrected chi connectivity index (χ1v) is 11.0. The predicted molar refractivity (Wildman–Crippen MR) is 129 cm³/mol. The summed E-state index contributed by atoms with van der Waals surface area (Å²) in [5.74, 6) is -2.09. The molecule has 1 saturated heterocycles. The number of likely N-dealkylation sites (N-methyl/N-ethyl adjacent to an activating group) is 1. The van der Waals surface area contributed by atoms with Crippen LogP contribution < -0.4 is 10.6 Å². The fourth-order valence-corrected chi connectivity index (χ4v) is 3.65. The molecule has 0 aliphatic carbocycles. The zero-order chi connectivity index (χ0) is 26.4. The van der Waals surface area contributed by atoms with Crippen molar-refractivity contribution in [1.82, 2.24) is 15.5 Å². The molecule has 5 N–H and O–H groups in total. The van der Waals surface area contributed by atoms with E-state index in [1.807, 2.05) is 42.3 Å². The highest BCUT2D eigenvalue weighted by molar-refractivity contribution is 5.79. The lowest BCUT2D eigenvalue weighted by Crippen LogP contribution is -2.62. The average molecular weight is 492 g/mol. The van der Waals surface area contributed by atoms with Crippen LogP contribution in [0.3, 0.4) is 0 Å². The van der Waals surface area contributed by atoms with Gasteiger partial charge in [0.1, 0.15) is 5.82 Å². The summed E-state index contributed by atoms with van der Waals surface area (Å²) in [6.07, 6.45) is -0.0917. The highest BCUT2D eigenvalue weighted by atomic mass is 19.1. The van der Waals surface area contributed by atoms with E-state index in [1.165, 1.54) is 12.1 Å². The Labute approximate surface area is 204 Å². The van der Waals surface area contributed by atoms with Crippen LogP contribution in [0, 0.1) is 5.82 Å². The summed E-state index contributed by atoms with van der Waals surface area (Å²) in [7, 11) is 1.84. The van der Waals surface area contributed by atoms with Crippen molar-refractivity contribution in [2.45, 2.75) is 38.5 Å². The van der Waals surface area contributed by atoms with Crippen LogP contribution in [0.5, 0.6) is 0 Å². The number of aliphatic hydroxyl groups excluding tert-OH is 1. The van der Waals surface area contributed by atoms with Crippen LogP contribution in [0.2, 0.25) is 0 Å². The normalized spacial score (nSPS) is 18.9. The van der Waals surface area contributed by atoms with Gasteiger partial charge in [-0.05, 0) is 43.3 Å². The van der Waals surface area contributed by atoms with Crippen molar-refractivity contribution in [3.05, 3.63) is 71.5 Å². The van der Waals surface area contributed by atoms with Gasteiger partial charge in [0.25, 0.3) is 11.9 Å². The molecule has 2 aromatic carbocycles. The number of rotatable bonds is 6. The molecule has 35 heavy (non-hydrogen) atoms. The first kappa shape index (κ1) is 29.7. The molecule has 0 spiro atoms. The SMILES string of the molecule is CC(=O)O.CC(=O)O.CN(CC(=O)N[C@@]1(c2ccccc2)CCNC[C@H]1O)Cc1ccc(F)cc1. The second-order valence-electron chi connectivity index (χ2n) is 8.19. The lowest BCUT2D eigenvalue weighted by molar-refractivity contribution is -0.135. The third-order valence-corrected chi connectivity index (χ3v) is 5.03. The Balaban J connectivity index is 0.000000668. The number of carbonyl (C=O) groups excluding carboxylic acids is 1. The van der Waals surface area contributed by atoms with Crippen LogP contribution in [-0.4, -0.2) is 70.9 Å². The molecule has 1 fully saturated rings. The van der Waals surface area contributed by atoms with Crippen molar-refractivity contribution >= 4 is 17.8 Å². The van der Waals surface area contributed by atoms with Gasteiger partial charge >= 0.3 is 0 Å². The molecule has 0 unspecified atom stereocenters. The summed E-state index contributed by atoms with van der Waals surface area (Å²) in [5.41, 5.74) is 1.06. The predicted octanol–water partition coefficient (Wildman–Crippen LogP) is 1.81. The van der Waals surface area contributed by atoms with Gasteiger partial charge in [0.2, 0.25) is 5.91 Å². The van der Waals surface area contributed by atoms with Crippen molar-refractivity contribution in [2.75, 3.05) is 26.7 Å². The van der Waals surface area contributed by atoms with Gasteiger partial charge in [0.05, 0.1) is 18.2 Å². The molecular formula is C25H34FN3O6. The summed E-state index contributed by atoms with van der Waals surface area (Å²) in [6.45, 7) is 4.04. The van der Waals surface area contributed by atoms with Gasteiger partial charge in [-0.1, -0.05) is 42.5 Å². The molecule has 0 aromatic heterocycles. The number of carboxylic acids is 2. The molecule has 1 aliphatic heterocycles. The first-order chi connectivity index (χ1) is 16.5. The number of carboxylic acid groups (broad SMARTS) is 2. The molecule has 1 aliphatic rings. The van der Waals surface area contributed by atoms with Crippen LogP contribution in [0.4, 0.5) is 4.39 Å². The van der Waals surface area contributed by atoms with Crippen LogP contribution in [0.15, 0.2) is 54.6 Å². The van der Waals surface area contributed by atoms with Crippen molar-refractivity contribution in [3.8, 4) is 0 Å². The summed E-state index contributed by atoms with van der Waals surface area (Å²) in [4.78, 5) is 32.6. The third kappa shape index (κ3) is 11.1. The molecule has 2 aromatic rings. The average Bonchev–Trinajstić information content (AvgIpc) is 2.77. The minimum atomic E-state index is -0.833.